The van der Waals surface area contributed by atoms with E-state index in [0.29, 0.717) is 0 Å². The van der Waals surface area contributed by atoms with Crippen molar-refractivity contribution in [2.75, 3.05) is 20.7 Å². The van der Waals surface area contributed by atoms with E-state index in [-0.39, 0.29) is 23.5 Å². The van der Waals surface area contributed by atoms with Gasteiger partial charge in [0.15, 0.2) is 0 Å². The van der Waals surface area contributed by atoms with Crippen molar-refractivity contribution in [3.63, 3.8) is 0 Å². The van der Waals surface area contributed by atoms with Gasteiger partial charge in [0.05, 0.1) is 29.6 Å². The first kappa shape index (κ1) is 16.4. The highest BCUT2D eigenvalue weighted by molar-refractivity contribution is 5.97. The zero-order valence-electron chi connectivity index (χ0n) is 11.9. The van der Waals surface area contributed by atoms with Crippen LogP contribution in [0.3, 0.4) is 0 Å². The predicted octanol–water partition coefficient (Wildman–Crippen LogP) is 1.40. The number of hydrogen-bond acceptors (Lipinski definition) is 5. The summed E-state index contributed by atoms with van der Waals surface area (Å²) in [4.78, 5) is 34.4. The Morgan fingerprint density at radius 1 is 1.48 bits per heavy atom. The highest BCUT2D eigenvalue weighted by Gasteiger charge is 2.22. The molecule has 1 N–H and O–H groups in total. The zero-order chi connectivity index (χ0) is 16.2. The number of methoxy groups -OCH3 is 1. The van der Waals surface area contributed by atoms with Crippen LogP contribution in [0.1, 0.15) is 17.3 Å². The molecular weight excluding hydrogens is 280 g/mol. The van der Waals surface area contributed by atoms with Gasteiger partial charge in [-0.3, -0.25) is 19.7 Å². The molecule has 1 amide bonds. The van der Waals surface area contributed by atoms with E-state index in [4.69, 9.17) is 9.84 Å². The lowest BCUT2D eigenvalue weighted by Crippen LogP contribution is -2.33. The molecule has 0 fully saturated rings. The molecule has 8 nitrogen and oxygen atoms in total. The smallest absolute Gasteiger partial charge is 0.308 e. The van der Waals surface area contributed by atoms with Gasteiger partial charge >= 0.3 is 5.97 Å². The van der Waals surface area contributed by atoms with Crippen LogP contribution in [-0.4, -0.2) is 47.5 Å². The highest BCUT2D eigenvalue weighted by Crippen LogP contribution is 2.25. The topological polar surface area (TPSA) is 110 Å². The van der Waals surface area contributed by atoms with Gasteiger partial charge in [-0.15, -0.1) is 0 Å². The number of aliphatic carboxylic acids is 1. The molecule has 0 saturated carbocycles. The minimum Gasteiger partial charge on any atom is -0.496 e. The second-order valence-corrected chi connectivity index (χ2v) is 4.57. The summed E-state index contributed by atoms with van der Waals surface area (Å²) in [7, 11) is 2.76. The molecule has 1 aromatic rings. The van der Waals surface area contributed by atoms with Gasteiger partial charge in [-0.25, -0.2) is 0 Å². The van der Waals surface area contributed by atoms with Gasteiger partial charge in [-0.1, -0.05) is 6.92 Å². The number of hydrogen-bond donors (Lipinski definition) is 1. The van der Waals surface area contributed by atoms with Crippen molar-refractivity contribution in [3.05, 3.63) is 33.9 Å². The van der Waals surface area contributed by atoms with Crippen molar-refractivity contribution in [2.45, 2.75) is 6.92 Å². The van der Waals surface area contributed by atoms with Gasteiger partial charge in [0.1, 0.15) is 5.75 Å². The standard InChI is InChI=1S/C13H16N2O6/c1-8(13(17)18)7-14(2)12(16)10-5-4-9(15(19)20)6-11(10)21-3/h4-6,8H,7H2,1-3H3,(H,17,18). The van der Waals surface area contributed by atoms with Crippen molar-refractivity contribution in [1.82, 2.24) is 4.90 Å². The maximum Gasteiger partial charge on any atom is 0.308 e. The van der Waals surface area contributed by atoms with Crippen LogP contribution in [0.5, 0.6) is 5.75 Å². The Hall–Kier alpha value is -2.64. The molecule has 0 aromatic heterocycles. The first-order chi connectivity index (χ1) is 9.77. The van der Waals surface area contributed by atoms with Crippen molar-refractivity contribution < 1.29 is 24.4 Å². The molecule has 0 aliphatic heterocycles. The highest BCUT2D eigenvalue weighted by atomic mass is 16.6. The van der Waals surface area contributed by atoms with Crippen LogP contribution in [0.4, 0.5) is 5.69 Å². The molecule has 21 heavy (non-hydrogen) atoms. The Balaban J connectivity index is 3.01. The lowest BCUT2D eigenvalue weighted by molar-refractivity contribution is -0.384. The molecule has 114 valence electrons. The number of non-ortho nitro benzene ring substituents is 1. The molecule has 0 aliphatic rings. The number of nitro groups is 1. The number of carboxylic acids is 1. The number of carbonyl (C=O) groups is 2. The number of benzene rings is 1. The predicted molar refractivity (Wildman–Crippen MR) is 73.4 cm³/mol. The molecule has 1 unspecified atom stereocenters. The first-order valence-electron chi connectivity index (χ1n) is 6.08. The van der Waals surface area contributed by atoms with Crippen LogP contribution in [0.15, 0.2) is 18.2 Å². The van der Waals surface area contributed by atoms with E-state index in [9.17, 15) is 19.7 Å². The second kappa shape index (κ2) is 6.69. The van der Waals surface area contributed by atoms with Gasteiger partial charge in [-0.05, 0) is 6.07 Å². The van der Waals surface area contributed by atoms with E-state index in [0.717, 1.165) is 6.07 Å². The Labute approximate surface area is 121 Å². The molecule has 1 rings (SSSR count). The van der Waals surface area contributed by atoms with E-state index >= 15 is 0 Å². The van der Waals surface area contributed by atoms with Gasteiger partial charge in [0, 0.05) is 19.7 Å². The lowest BCUT2D eigenvalue weighted by atomic mass is 10.1. The third kappa shape index (κ3) is 3.91. The van der Waals surface area contributed by atoms with E-state index in [2.05, 4.69) is 0 Å². The molecule has 8 heteroatoms. The summed E-state index contributed by atoms with van der Waals surface area (Å²) in [6, 6.07) is 3.65. The monoisotopic (exact) mass is 296 g/mol. The van der Waals surface area contributed by atoms with Gasteiger partial charge < -0.3 is 14.7 Å². The Morgan fingerprint density at radius 2 is 2.10 bits per heavy atom. The fourth-order valence-electron chi connectivity index (χ4n) is 1.75. The van der Waals surface area contributed by atoms with Gasteiger partial charge in [0.25, 0.3) is 11.6 Å². The maximum atomic E-state index is 12.2. The van der Waals surface area contributed by atoms with Crippen molar-refractivity contribution in [3.8, 4) is 5.75 Å². The van der Waals surface area contributed by atoms with Crippen molar-refractivity contribution >= 4 is 17.6 Å². The van der Waals surface area contributed by atoms with Crippen LogP contribution < -0.4 is 4.74 Å². The third-order valence-corrected chi connectivity index (χ3v) is 2.94. The molecule has 0 radical (unpaired) electrons. The number of carbonyl (C=O) groups excluding carboxylic acids is 1. The first-order valence-corrected chi connectivity index (χ1v) is 6.08. The minimum atomic E-state index is -1.01. The molecule has 1 aromatic carbocycles. The summed E-state index contributed by atoms with van der Waals surface area (Å²) in [6.07, 6.45) is 0. The molecular formula is C13H16N2O6. The van der Waals surface area contributed by atoms with Crippen LogP contribution in [0.25, 0.3) is 0 Å². The quantitative estimate of drug-likeness (QED) is 0.627. The van der Waals surface area contributed by atoms with E-state index < -0.39 is 22.7 Å². The summed E-state index contributed by atoms with van der Waals surface area (Å²) in [5, 5.41) is 19.5. The zero-order valence-corrected chi connectivity index (χ0v) is 11.9. The average molecular weight is 296 g/mol. The fraction of sp³-hybridized carbons (Fsp3) is 0.385. The number of nitrogens with zero attached hydrogens (tertiary/aromatic N) is 2. The van der Waals surface area contributed by atoms with Crippen LogP contribution >= 0.6 is 0 Å². The summed E-state index contributed by atoms with van der Waals surface area (Å²) < 4.78 is 4.99. The number of ether oxygens (including phenoxy) is 1. The van der Waals surface area contributed by atoms with E-state index in [1.807, 2.05) is 0 Å². The normalized spacial score (nSPS) is 11.6. The molecule has 1 atom stereocenters. The number of nitro benzene ring substituents is 1. The summed E-state index contributed by atoms with van der Waals surface area (Å²) in [5.41, 5.74) is -0.0480. The average Bonchev–Trinajstić information content (AvgIpc) is 2.45. The Morgan fingerprint density at radius 3 is 2.57 bits per heavy atom. The molecule has 0 saturated heterocycles. The number of carboxylic acid groups (broad SMARTS) is 1. The van der Waals surface area contributed by atoms with Gasteiger partial charge in [0.2, 0.25) is 0 Å². The summed E-state index contributed by atoms with van der Waals surface area (Å²) in [6.45, 7) is 1.51. The Kier molecular flexibility index (Phi) is 5.23. The van der Waals surface area contributed by atoms with Crippen LogP contribution in [0.2, 0.25) is 0 Å². The fourth-order valence-corrected chi connectivity index (χ4v) is 1.75. The van der Waals surface area contributed by atoms with Crippen LogP contribution in [-0.2, 0) is 4.79 Å². The third-order valence-electron chi connectivity index (χ3n) is 2.94. The SMILES string of the molecule is COc1cc([N+](=O)[O-])ccc1C(=O)N(C)CC(C)C(=O)O. The van der Waals surface area contributed by atoms with Crippen LogP contribution in [0, 0.1) is 16.0 Å². The van der Waals surface area contributed by atoms with Crippen molar-refractivity contribution in [2.24, 2.45) is 5.92 Å². The molecule has 0 aliphatic carbocycles. The molecule has 0 heterocycles. The van der Waals surface area contributed by atoms with E-state index in [1.54, 1.807) is 0 Å². The number of rotatable bonds is 6. The second-order valence-electron chi connectivity index (χ2n) is 4.57. The maximum absolute atomic E-state index is 12.2. The van der Waals surface area contributed by atoms with Crippen molar-refractivity contribution in [1.29, 1.82) is 0 Å². The van der Waals surface area contributed by atoms with Gasteiger partial charge in [-0.2, -0.15) is 0 Å². The van der Waals surface area contributed by atoms with E-state index in [1.165, 1.54) is 38.1 Å². The molecule has 0 bridgehead atoms. The Bertz CT molecular complexity index is 572. The summed E-state index contributed by atoms with van der Waals surface area (Å²) in [5.74, 6) is -2.12. The minimum absolute atomic E-state index is 0.0221. The lowest BCUT2D eigenvalue weighted by Gasteiger charge is -2.20. The number of amides is 1. The molecule has 0 spiro atoms. The largest absolute Gasteiger partial charge is 0.496 e. The summed E-state index contributed by atoms with van der Waals surface area (Å²) >= 11 is 0.